The maximum absolute atomic E-state index is 14.9. The fourth-order valence-electron chi connectivity index (χ4n) is 5.47. The lowest BCUT2D eigenvalue weighted by Gasteiger charge is -2.47. The second-order valence-electron chi connectivity index (χ2n) is 9.88. The van der Waals surface area contributed by atoms with Gasteiger partial charge < -0.3 is 9.64 Å². The molecule has 0 aromatic heterocycles. The summed E-state index contributed by atoms with van der Waals surface area (Å²) in [6.07, 6.45) is 2.65. The highest BCUT2D eigenvalue weighted by molar-refractivity contribution is 6.01. The van der Waals surface area contributed by atoms with Crippen LogP contribution in [-0.2, 0) is 9.59 Å². The Kier molecular flexibility index (Phi) is 6.91. The number of hydrogen-bond donors (Lipinski definition) is 2. The number of methoxy groups -OCH3 is 1. The van der Waals surface area contributed by atoms with E-state index in [9.17, 15) is 18.8 Å². The van der Waals surface area contributed by atoms with Gasteiger partial charge in [0.15, 0.2) is 0 Å². The van der Waals surface area contributed by atoms with Crippen LogP contribution in [0.5, 0.6) is 5.75 Å². The Morgan fingerprint density at radius 2 is 1.83 bits per heavy atom. The van der Waals surface area contributed by atoms with Crippen LogP contribution in [0, 0.1) is 17.7 Å². The molecule has 36 heavy (non-hydrogen) atoms. The van der Waals surface area contributed by atoms with E-state index in [1.807, 2.05) is 16.0 Å². The van der Waals surface area contributed by atoms with Crippen molar-refractivity contribution < 1.29 is 23.5 Å². The van der Waals surface area contributed by atoms with Crippen LogP contribution in [0.1, 0.15) is 47.5 Å². The lowest BCUT2D eigenvalue weighted by molar-refractivity contribution is -0.134. The summed E-state index contributed by atoms with van der Waals surface area (Å²) in [7, 11) is 1.58. The normalized spacial score (nSPS) is 21.6. The van der Waals surface area contributed by atoms with Crippen LogP contribution < -0.4 is 20.4 Å². The molecule has 3 fully saturated rings. The SMILES string of the molecule is COc1cccc(C(=O)NN2CCC(C3CN(c4ccc(C5CCC(=O)NC5=O)cc4F)C3)CC2)c1. The van der Waals surface area contributed by atoms with E-state index >= 15 is 0 Å². The summed E-state index contributed by atoms with van der Waals surface area (Å²) in [5.41, 5.74) is 4.73. The third-order valence-corrected chi connectivity index (χ3v) is 7.66. The first-order valence-corrected chi connectivity index (χ1v) is 12.5. The Hall–Kier alpha value is -3.46. The third kappa shape index (κ3) is 5.06. The second kappa shape index (κ2) is 10.3. The number of imide groups is 1. The van der Waals surface area contributed by atoms with E-state index in [1.165, 1.54) is 6.07 Å². The van der Waals surface area contributed by atoms with Gasteiger partial charge in [-0.25, -0.2) is 9.40 Å². The average molecular weight is 495 g/mol. The first-order valence-electron chi connectivity index (χ1n) is 12.5. The number of rotatable bonds is 6. The van der Waals surface area contributed by atoms with Crippen molar-refractivity contribution in [3.8, 4) is 5.75 Å². The highest BCUT2D eigenvalue weighted by Gasteiger charge is 2.37. The van der Waals surface area contributed by atoms with Crippen molar-refractivity contribution >= 4 is 23.4 Å². The minimum atomic E-state index is -0.481. The summed E-state index contributed by atoms with van der Waals surface area (Å²) < 4.78 is 20.1. The minimum absolute atomic E-state index is 0.140. The van der Waals surface area contributed by atoms with Crippen LogP contribution in [0.15, 0.2) is 42.5 Å². The summed E-state index contributed by atoms with van der Waals surface area (Å²) in [4.78, 5) is 38.1. The molecule has 3 aliphatic rings. The van der Waals surface area contributed by atoms with Crippen LogP contribution >= 0.6 is 0 Å². The highest BCUT2D eigenvalue weighted by Crippen LogP contribution is 2.36. The van der Waals surface area contributed by atoms with Crippen molar-refractivity contribution in [2.75, 3.05) is 38.2 Å². The lowest BCUT2D eigenvalue weighted by atomic mass is 9.79. The summed E-state index contributed by atoms with van der Waals surface area (Å²) >= 11 is 0. The van der Waals surface area contributed by atoms with Crippen LogP contribution in [0.3, 0.4) is 0 Å². The zero-order valence-corrected chi connectivity index (χ0v) is 20.3. The van der Waals surface area contributed by atoms with E-state index in [2.05, 4.69) is 10.7 Å². The molecule has 2 N–H and O–H groups in total. The molecule has 5 rings (SSSR count). The number of piperidine rings is 2. The number of carbonyl (C=O) groups excluding carboxylic acids is 3. The third-order valence-electron chi connectivity index (χ3n) is 7.66. The molecule has 1 atom stereocenters. The summed E-state index contributed by atoms with van der Waals surface area (Å²) in [6, 6.07) is 12.1. The van der Waals surface area contributed by atoms with Crippen molar-refractivity contribution in [3.63, 3.8) is 0 Å². The Labute approximate surface area is 209 Å². The number of halogens is 1. The number of nitrogens with one attached hydrogen (secondary N) is 2. The van der Waals surface area contributed by atoms with E-state index in [4.69, 9.17) is 4.74 Å². The molecule has 0 bridgehead atoms. The van der Waals surface area contributed by atoms with E-state index in [0.717, 1.165) is 39.0 Å². The molecule has 8 nitrogen and oxygen atoms in total. The molecular formula is C27H31FN4O4. The maximum Gasteiger partial charge on any atom is 0.265 e. The van der Waals surface area contributed by atoms with Gasteiger partial charge in [0, 0.05) is 38.2 Å². The van der Waals surface area contributed by atoms with E-state index in [0.29, 0.717) is 40.8 Å². The minimum Gasteiger partial charge on any atom is -0.497 e. The van der Waals surface area contributed by atoms with Gasteiger partial charge in [-0.3, -0.25) is 25.1 Å². The van der Waals surface area contributed by atoms with Gasteiger partial charge in [-0.15, -0.1) is 0 Å². The van der Waals surface area contributed by atoms with Gasteiger partial charge in [-0.05, 0) is 67.0 Å². The largest absolute Gasteiger partial charge is 0.497 e. The van der Waals surface area contributed by atoms with E-state index < -0.39 is 5.92 Å². The van der Waals surface area contributed by atoms with Gasteiger partial charge in [-0.1, -0.05) is 12.1 Å². The molecular weight excluding hydrogens is 463 g/mol. The molecule has 2 aromatic carbocycles. The molecule has 1 unspecified atom stereocenters. The number of hydrogen-bond acceptors (Lipinski definition) is 6. The number of anilines is 1. The molecule has 3 amide bonds. The van der Waals surface area contributed by atoms with Crippen LogP contribution in [-0.4, -0.2) is 56.0 Å². The molecule has 0 saturated carbocycles. The van der Waals surface area contributed by atoms with Crippen molar-refractivity contribution in [3.05, 3.63) is 59.4 Å². The number of ether oxygens (including phenoxy) is 1. The molecule has 3 heterocycles. The molecule has 0 radical (unpaired) electrons. The molecule has 3 aliphatic heterocycles. The van der Waals surface area contributed by atoms with Gasteiger partial charge >= 0.3 is 0 Å². The Bertz CT molecular complexity index is 1160. The van der Waals surface area contributed by atoms with Gasteiger partial charge in [0.05, 0.1) is 18.7 Å². The van der Waals surface area contributed by atoms with E-state index in [-0.39, 0.29) is 30.0 Å². The number of nitrogens with zero attached hydrogens (tertiary/aromatic N) is 2. The average Bonchev–Trinajstić information content (AvgIpc) is 2.85. The topological polar surface area (TPSA) is 91.0 Å². The number of hydrazine groups is 1. The van der Waals surface area contributed by atoms with Gasteiger partial charge in [0.1, 0.15) is 11.6 Å². The smallest absolute Gasteiger partial charge is 0.265 e. The second-order valence-corrected chi connectivity index (χ2v) is 9.88. The number of amides is 3. The van der Waals surface area contributed by atoms with Crippen LogP contribution in [0.25, 0.3) is 0 Å². The lowest BCUT2D eigenvalue weighted by Crippen LogP contribution is -2.54. The van der Waals surface area contributed by atoms with Crippen molar-refractivity contribution in [2.24, 2.45) is 11.8 Å². The predicted octanol–water partition coefficient (Wildman–Crippen LogP) is 2.85. The van der Waals surface area contributed by atoms with Crippen molar-refractivity contribution in [1.29, 1.82) is 0 Å². The Morgan fingerprint density at radius 3 is 2.53 bits per heavy atom. The monoisotopic (exact) mass is 494 g/mol. The van der Waals surface area contributed by atoms with Gasteiger partial charge in [-0.2, -0.15) is 0 Å². The Morgan fingerprint density at radius 1 is 1.06 bits per heavy atom. The molecule has 190 valence electrons. The molecule has 0 spiro atoms. The summed E-state index contributed by atoms with van der Waals surface area (Å²) in [5.74, 6) is 0.109. The zero-order valence-electron chi connectivity index (χ0n) is 20.3. The first kappa shape index (κ1) is 24.2. The molecule has 0 aliphatic carbocycles. The number of benzene rings is 2. The highest BCUT2D eigenvalue weighted by atomic mass is 19.1. The molecule has 2 aromatic rings. The first-order chi connectivity index (χ1) is 17.4. The maximum atomic E-state index is 14.9. The van der Waals surface area contributed by atoms with Crippen LogP contribution in [0.4, 0.5) is 10.1 Å². The van der Waals surface area contributed by atoms with Gasteiger partial charge in [0.25, 0.3) is 5.91 Å². The van der Waals surface area contributed by atoms with Crippen LogP contribution in [0.2, 0.25) is 0 Å². The van der Waals surface area contributed by atoms with E-state index in [1.54, 1.807) is 37.4 Å². The summed E-state index contributed by atoms with van der Waals surface area (Å²) in [6.45, 7) is 3.17. The summed E-state index contributed by atoms with van der Waals surface area (Å²) in [5, 5.41) is 4.31. The molecule has 3 saturated heterocycles. The van der Waals surface area contributed by atoms with Crippen molar-refractivity contribution in [2.45, 2.75) is 31.6 Å². The van der Waals surface area contributed by atoms with Crippen molar-refractivity contribution in [1.82, 2.24) is 15.8 Å². The Balaban J connectivity index is 1.10. The number of carbonyl (C=O) groups is 3. The zero-order chi connectivity index (χ0) is 25.2. The molecule has 9 heteroatoms. The quantitative estimate of drug-likeness (QED) is 0.601. The fourth-order valence-corrected chi connectivity index (χ4v) is 5.47. The predicted molar refractivity (Wildman–Crippen MR) is 132 cm³/mol. The standard InChI is InChI=1S/C27H31FN4O4/c1-36-21-4-2-3-19(13-21)26(34)30-32-11-9-17(10-12-32)20-15-31(16-20)24-7-5-18(14-23(24)28)22-6-8-25(33)29-27(22)35/h2-5,7,13-14,17,20,22H,6,8-12,15-16H2,1H3,(H,30,34)(H,29,33,35). The fraction of sp³-hybridized carbons (Fsp3) is 0.444. The van der Waals surface area contributed by atoms with Gasteiger partial charge in [0.2, 0.25) is 11.8 Å².